The quantitative estimate of drug-likeness (QED) is 0.707. The molecular weight excluding hydrogens is 327 g/mol. The van der Waals surface area contributed by atoms with Crippen molar-refractivity contribution >= 4 is 11.8 Å². The van der Waals surface area contributed by atoms with E-state index < -0.39 is 5.82 Å². The number of hydrogen-bond acceptors (Lipinski definition) is 4. The van der Waals surface area contributed by atoms with Gasteiger partial charge in [-0.15, -0.1) is 0 Å². The minimum atomic E-state index is -0.427. The molecule has 134 valence electrons. The Labute approximate surface area is 145 Å². The maximum Gasteiger partial charge on any atom is 0.286 e. The first-order valence-electron chi connectivity index (χ1n) is 8.01. The third-order valence-electron chi connectivity index (χ3n) is 3.54. The second-order valence-electron chi connectivity index (χ2n) is 5.43. The fraction of sp³-hybridized carbons (Fsp3) is 0.333. The summed E-state index contributed by atoms with van der Waals surface area (Å²) in [6.45, 7) is 0.940. The fourth-order valence-corrected chi connectivity index (χ4v) is 2.11. The SMILES string of the molecule is CN(CCOc1ccccc1F)C(=O)CCCNC(=O)c1ccco1. The van der Waals surface area contributed by atoms with Gasteiger partial charge in [0.25, 0.3) is 5.91 Å². The molecule has 0 spiro atoms. The van der Waals surface area contributed by atoms with Gasteiger partial charge in [-0.2, -0.15) is 0 Å². The molecule has 0 bridgehead atoms. The van der Waals surface area contributed by atoms with Crippen molar-refractivity contribution in [3.63, 3.8) is 0 Å². The molecular formula is C18H21FN2O4. The first-order valence-corrected chi connectivity index (χ1v) is 8.01. The van der Waals surface area contributed by atoms with Crippen molar-refractivity contribution in [1.29, 1.82) is 0 Å². The first-order chi connectivity index (χ1) is 12.1. The number of furan rings is 1. The predicted molar refractivity (Wildman–Crippen MR) is 89.8 cm³/mol. The monoisotopic (exact) mass is 348 g/mol. The van der Waals surface area contributed by atoms with E-state index in [1.165, 1.54) is 17.2 Å². The van der Waals surface area contributed by atoms with Crippen LogP contribution in [0.15, 0.2) is 47.1 Å². The number of benzene rings is 1. The van der Waals surface area contributed by atoms with Crippen LogP contribution in [0.3, 0.4) is 0 Å². The van der Waals surface area contributed by atoms with Gasteiger partial charge < -0.3 is 19.4 Å². The van der Waals surface area contributed by atoms with Crippen molar-refractivity contribution in [2.45, 2.75) is 12.8 Å². The van der Waals surface area contributed by atoms with E-state index >= 15 is 0 Å². The Kier molecular flexibility index (Phi) is 7.00. The summed E-state index contributed by atoms with van der Waals surface area (Å²) in [6.07, 6.45) is 2.25. The topological polar surface area (TPSA) is 71.8 Å². The van der Waals surface area contributed by atoms with Gasteiger partial charge in [-0.25, -0.2) is 4.39 Å². The number of amides is 2. The number of nitrogens with one attached hydrogen (secondary N) is 1. The van der Waals surface area contributed by atoms with Gasteiger partial charge in [0.15, 0.2) is 17.3 Å². The second-order valence-corrected chi connectivity index (χ2v) is 5.43. The van der Waals surface area contributed by atoms with Crippen molar-refractivity contribution in [2.75, 3.05) is 26.7 Å². The lowest BCUT2D eigenvalue weighted by Gasteiger charge is -2.17. The Morgan fingerprint density at radius 1 is 1.24 bits per heavy atom. The van der Waals surface area contributed by atoms with Gasteiger partial charge in [-0.1, -0.05) is 12.1 Å². The van der Waals surface area contributed by atoms with Gasteiger partial charge >= 0.3 is 0 Å². The Morgan fingerprint density at radius 2 is 2.04 bits per heavy atom. The van der Waals surface area contributed by atoms with Crippen LogP contribution in [0.4, 0.5) is 4.39 Å². The molecule has 1 N–H and O–H groups in total. The van der Waals surface area contributed by atoms with E-state index in [4.69, 9.17) is 9.15 Å². The highest BCUT2D eigenvalue weighted by atomic mass is 19.1. The molecule has 0 aliphatic rings. The Bertz CT molecular complexity index is 688. The summed E-state index contributed by atoms with van der Waals surface area (Å²) in [6, 6.07) is 9.34. The number of nitrogens with zero attached hydrogens (tertiary/aromatic N) is 1. The Balaban J connectivity index is 1.60. The smallest absolute Gasteiger partial charge is 0.286 e. The lowest BCUT2D eigenvalue weighted by atomic mass is 10.2. The average molecular weight is 348 g/mol. The lowest BCUT2D eigenvalue weighted by molar-refractivity contribution is -0.130. The number of halogens is 1. The van der Waals surface area contributed by atoms with Crippen LogP contribution in [0.5, 0.6) is 5.75 Å². The van der Waals surface area contributed by atoms with Crippen LogP contribution >= 0.6 is 0 Å². The van der Waals surface area contributed by atoms with Crippen molar-refractivity contribution in [3.8, 4) is 5.75 Å². The molecule has 1 heterocycles. The molecule has 25 heavy (non-hydrogen) atoms. The molecule has 7 heteroatoms. The van der Waals surface area contributed by atoms with Gasteiger partial charge in [0.05, 0.1) is 12.8 Å². The number of para-hydroxylation sites is 1. The molecule has 1 aromatic heterocycles. The van der Waals surface area contributed by atoms with Crippen LogP contribution in [-0.2, 0) is 4.79 Å². The summed E-state index contributed by atoms with van der Waals surface area (Å²) in [5.74, 6) is -0.380. The molecule has 0 aliphatic carbocycles. The zero-order valence-corrected chi connectivity index (χ0v) is 14.0. The van der Waals surface area contributed by atoms with Crippen LogP contribution < -0.4 is 10.1 Å². The highest BCUT2D eigenvalue weighted by molar-refractivity contribution is 5.91. The fourth-order valence-electron chi connectivity index (χ4n) is 2.11. The van der Waals surface area contributed by atoms with E-state index in [0.717, 1.165) is 0 Å². The van der Waals surface area contributed by atoms with Crippen LogP contribution in [0.25, 0.3) is 0 Å². The minimum Gasteiger partial charge on any atom is -0.489 e. The van der Waals surface area contributed by atoms with Crippen molar-refractivity contribution in [3.05, 3.63) is 54.2 Å². The van der Waals surface area contributed by atoms with E-state index in [-0.39, 0.29) is 29.9 Å². The summed E-state index contributed by atoms with van der Waals surface area (Å²) in [7, 11) is 1.66. The maximum absolute atomic E-state index is 13.4. The van der Waals surface area contributed by atoms with Crippen molar-refractivity contribution in [1.82, 2.24) is 10.2 Å². The molecule has 2 aromatic rings. The minimum absolute atomic E-state index is 0.0654. The number of ether oxygens (including phenoxy) is 1. The van der Waals surface area contributed by atoms with Gasteiger partial charge in [0, 0.05) is 20.0 Å². The molecule has 0 radical (unpaired) electrons. The van der Waals surface area contributed by atoms with Gasteiger partial charge in [0.2, 0.25) is 5.91 Å². The summed E-state index contributed by atoms with van der Waals surface area (Å²) in [5, 5.41) is 2.68. The van der Waals surface area contributed by atoms with E-state index in [1.807, 2.05) is 0 Å². The van der Waals surface area contributed by atoms with Gasteiger partial charge in [-0.3, -0.25) is 9.59 Å². The van der Waals surface area contributed by atoms with Crippen LogP contribution in [0.2, 0.25) is 0 Å². The van der Waals surface area contributed by atoms with Crippen molar-refractivity contribution in [2.24, 2.45) is 0 Å². The van der Waals surface area contributed by atoms with Crippen LogP contribution in [0.1, 0.15) is 23.4 Å². The van der Waals surface area contributed by atoms with E-state index in [2.05, 4.69) is 5.32 Å². The number of hydrogen-bond donors (Lipinski definition) is 1. The predicted octanol–water partition coefficient (Wildman–Crippen LogP) is 2.47. The highest BCUT2D eigenvalue weighted by Crippen LogP contribution is 2.15. The molecule has 1 aromatic carbocycles. The average Bonchev–Trinajstić information content (AvgIpc) is 3.14. The molecule has 0 aliphatic heterocycles. The zero-order valence-electron chi connectivity index (χ0n) is 14.0. The number of likely N-dealkylation sites (N-methyl/N-ethyl adjacent to an activating group) is 1. The summed E-state index contributed by atoms with van der Waals surface area (Å²) in [5.41, 5.74) is 0. The van der Waals surface area contributed by atoms with Crippen LogP contribution in [-0.4, -0.2) is 43.5 Å². The molecule has 6 nitrogen and oxygen atoms in total. The standard InChI is InChI=1S/C18H21FN2O4/c1-21(11-13-25-15-7-3-2-6-14(15)19)17(22)9-4-10-20-18(23)16-8-5-12-24-16/h2-3,5-8,12H,4,9-11,13H2,1H3,(H,20,23). The first kappa shape index (κ1) is 18.5. The van der Waals surface area contributed by atoms with Crippen LogP contribution in [0, 0.1) is 5.82 Å². The molecule has 2 rings (SSSR count). The lowest BCUT2D eigenvalue weighted by Crippen LogP contribution is -2.32. The van der Waals surface area contributed by atoms with E-state index in [0.29, 0.717) is 25.9 Å². The molecule has 2 amide bonds. The Morgan fingerprint density at radius 3 is 2.76 bits per heavy atom. The maximum atomic E-state index is 13.4. The van der Waals surface area contributed by atoms with Crippen molar-refractivity contribution < 1.29 is 23.1 Å². The summed E-state index contributed by atoms with van der Waals surface area (Å²) in [4.78, 5) is 25.2. The largest absolute Gasteiger partial charge is 0.489 e. The molecule has 0 atom stereocenters. The summed E-state index contributed by atoms with van der Waals surface area (Å²) < 4.78 is 23.7. The van der Waals surface area contributed by atoms with E-state index in [1.54, 1.807) is 37.4 Å². The zero-order chi connectivity index (χ0) is 18.1. The van der Waals surface area contributed by atoms with E-state index in [9.17, 15) is 14.0 Å². The normalized spacial score (nSPS) is 10.3. The third-order valence-corrected chi connectivity index (χ3v) is 3.54. The molecule has 0 saturated heterocycles. The number of carbonyl (C=O) groups is 2. The third kappa shape index (κ3) is 5.95. The number of carbonyl (C=O) groups excluding carboxylic acids is 2. The summed E-state index contributed by atoms with van der Waals surface area (Å²) >= 11 is 0. The van der Waals surface area contributed by atoms with Gasteiger partial charge in [-0.05, 0) is 30.7 Å². The second kappa shape index (κ2) is 9.46. The molecule has 0 saturated carbocycles. The molecule has 0 unspecified atom stereocenters. The van der Waals surface area contributed by atoms with Gasteiger partial charge in [0.1, 0.15) is 6.61 Å². The number of rotatable bonds is 9. The molecule has 0 fully saturated rings. The Hall–Kier alpha value is -2.83. The highest BCUT2D eigenvalue weighted by Gasteiger charge is 2.11.